The standard InChI is InChI=1S/C41H45N9O4/c51-37-10-8-35(38(52)47-37)50-25-29-19-31(4-7-33(29)39(50)53)41(54)13-17-48(18-14-41)24-26-1-5-32(6-2-26)49-15-11-27(12-16-49)28-3-9-36(43-21-28)46-40-44-22-30-20-42-23-34(30)45-40/h1-7,9,19,21-22,27,35,42,54H,8,10-18,20,23-25H2,(H,47,51,52)(H,43,44,45,46). The Balaban J connectivity index is 0.746. The number of carbonyl (C=O) groups excluding carboxylic acids is 3. The Morgan fingerprint density at radius 1 is 0.870 bits per heavy atom. The van der Waals surface area contributed by atoms with E-state index in [0.29, 0.717) is 43.2 Å². The van der Waals surface area contributed by atoms with E-state index in [1.165, 1.54) is 16.8 Å². The molecule has 5 aliphatic rings. The van der Waals surface area contributed by atoms with Gasteiger partial charge in [-0.05, 0) is 84.5 Å². The van der Waals surface area contributed by atoms with Gasteiger partial charge in [0.1, 0.15) is 11.9 Å². The van der Waals surface area contributed by atoms with Crippen molar-refractivity contribution in [1.82, 2.24) is 35.4 Å². The molecule has 13 nitrogen and oxygen atoms in total. The van der Waals surface area contributed by atoms with E-state index in [9.17, 15) is 19.5 Å². The van der Waals surface area contributed by atoms with Crippen LogP contribution in [0.4, 0.5) is 17.5 Å². The fourth-order valence-electron chi connectivity index (χ4n) is 8.73. The molecule has 0 radical (unpaired) electrons. The molecule has 278 valence electrons. The number of likely N-dealkylation sites (tertiary alicyclic amines) is 1. The number of nitrogens with one attached hydrogen (secondary N) is 3. The van der Waals surface area contributed by atoms with E-state index in [-0.39, 0.29) is 18.2 Å². The second kappa shape index (κ2) is 14.2. The minimum absolute atomic E-state index is 0.198. The van der Waals surface area contributed by atoms with Crippen LogP contribution in [0.3, 0.4) is 0 Å². The van der Waals surface area contributed by atoms with E-state index >= 15 is 0 Å². The van der Waals surface area contributed by atoms with E-state index in [1.807, 2.05) is 30.6 Å². The number of piperidine rings is 3. The lowest BCUT2D eigenvalue weighted by molar-refractivity contribution is -0.136. The van der Waals surface area contributed by atoms with Crippen molar-refractivity contribution >= 4 is 35.2 Å². The number of pyridine rings is 1. The first-order valence-electron chi connectivity index (χ1n) is 19.1. The van der Waals surface area contributed by atoms with Gasteiger partial charge in [-0.2, -0.15) is 0 Å². The molecular formula is C41H45N9O4. The molecule has 3 amide bonds. The Hall–Kier alpha value is -5.24. The van der Waals surface area contributed by atoms with E-state index < -0.39 is 17.6 Å². The van der Waals surface area contributed by atoms with Crippen molar-refractivity contribution in [3.63, 3.8) is 0 Å². The summed E-state index contributed by atoms with van der Waals surface area (Å²) >= 11 is 0. The van der Waals surface area contributed by atoms with Crippen LogP contribution in [0.15, 0.2) is 67.0 Å². The number of amides is 3. The molecular weight excluding hydrogens is 683 g/mol. The monoisotopic (exact) mass is 727 g/mol. The average Bonchev–Trinajstić information content (AvgIpc) is 3.80. The molecule has 0 saturated carbocycles. The second-order valence-corrected chi connectivity index (χ2v) is 15.4. The molecule has 7 heterocycles. The highest BCUT2D eigenvalue weighted by Gasteiger charge is 2.41. The Bertz CT molecular complexity index is 2070. The van der Waals surface area contributed by atoms with E-state index in [1.54, 1.807) is 11.0 Å². The Kier molecular flexibility index (Phi) is 9.08. The zero-order valence-electron chi connectivity index (χ0n) is 30.3. The summed E-state index contributed by atoms with van der Waals surface area (Å²) in [7, 11) is 0. The topological polar surface area (TPSA) is 156 Å². The number of benzene rings is 2. The average molecular weight is 728 g/mol. The first kappa shape index (κ1) is 34.5. The summed E-state index contributed by atoms with van der Waals surface area (Å²) in [6.45, 7) is 6.24. The largest absolute Gasteiger partial charge is 0.385 e. The SMILES string of the molecule is O=C1CCC(N2Cc3cc(C4(O)CCN(Cc5ccc(N6CCC(c7ccc(Nc8ncc9c(n8)CNC9)nc7)CC6)cc5)CC4)ccc3C2=O)C(=O)N1. The summed E-state index contributed by atoms with van der Waals surface area (Å²) in [6, 6.07) is 18.0. The van der Waals surface area contributed by atoms with Crippen LogP contribution in [-0.4, -0.2) is 79.8 Å². The van der Waals surface area contributed by atoms with Crippen molar-refractivity contribution in [2.75, 3.05) is 36.4 Å². The van der Waals surface area contributed by atoms with Gasteiger partial charge in [-0.1, -0.05) is 30.3 Å². The van der Waals surface area contributed by atoms with Gasteiger partial charge < -0.3 is 25.5 Å². The summed E-state index contributed by atoms with van der Waals surface area (Å²) in [4.78, 5) is 57.3. The molecule has 54 heavy (non-hydrogen) atoms. The molecule has 0 spiro atoms. The number of rotatable bonds is 8. The maximum absolute atomic E-state index is 13.1. The first-order valence-corrected chi connectivity index (χ1v) is 19.1. The molecule has 3 saturated heterocycles. The number of nitrogens with zero attached hydrogens (tertiary/aromatic N) is 6. The smallest absolute Gasteiger partial charge is 0.255 e. The third-order valence-corrected chi connectivity index (χ3v) is 12.0. The van der Waals surface area contributed by atoms with Crippen molar-refractivity contribution in [3.8, 4) is 0 Å². The van der Waals surface area contributed by atoms with Gasteiger partial charge in [0.15, 0.2) is 0 Å². The quantitative estimate of drug-likeness (QED) is 0.196. The highest BCUT2D eigenvalue weighted by atomic mass is 16.3. The van der Waals surface area contributed by atoms with Crippen molar-refractivity contribution in [1.29, 1.82) is 0 Å². The summed E-state index contributed by atoms with van der Waals surface area (Å²) in [6.07, 6.45) is 7.76. The number of hydrogen-bond donors (Lipinski definition) is 4. The predicted molar refractivity (Wildman–Crippen MR) is 202 cm³/mol. The number of carbonyl (C=O) groups is 3. The van der Waals surface area contributed by atoms with E-state index in [2.05, 4.69) is 71.0 Å². The lowest BCUT2D eigenvalue weighted by Crippen LogP contribution is -2.52. The molecule has 13 heteroatoms. The minimum Gasteiger partial charge on any atom is -0.385 e. The predicted octanol–water partition coefficient (Wildman–Crippen LogP) is 3.85. The molecule has 9 rings (SSSR count). The highest BCUT2D eigenvalue weighted by Crippen LogP contribution is 2.37. The van der Waals surface area contributed by atoms with Gasteiger partial charge in [-0.25, -0.2) is 15.0 Å². The van der Waals surface area contributed by atoms with Crippen LogP contribution in [0.1, 0.15) is 88.3 Å². The molecule has 0 bridgehead atoms. The highest BCUT2D eigenvalue weighted by molar-refractivity contribution is 6.05. The molecule has 5 aliphatic heterocycles. The van der Waals surface area contributed by atoms with Crippen LogP contribution < -0.4 is 20.9 Å². The molecule has 1 unspecified atom stereocenters. The first-order chi connectivity index (χ1) is 26.3. The Morgan fingerprint density at radius 3 is 2.44 bits per heavy atom. The fraction of sp³-hybridized carbons (Fsp3) is 0.415. The van der Waals surface area contributed by atoms with Crippen LogP contribution in [-0.2, 0) is 41.4 Å². The number of aromatic nitrogens is 3. The normalized spacial score (nSPS) is 21.6. The number of fused-ring (bicyclic) bond motifs is 2. The molecule has 3 fully saturated rings. The lowest BCUT2D eigenvalue weighted by atomic mass is 9.83. The third-order valence-electron chi connectivity index (χ3n) is 12.0. The second-order valence-electron chi connectivity index (χ2n) is 15.4. The summed E-state index contributed by atoms with van der Waals surface area (Å²) in [5, 5.41) is 20.6. The lowest BCUT2D eigenvalue weighted by Gasteiger charge is -2.39. The summed E-state index contributed by atoms with van der Waals surface area (Å²) < 4.78 is 0. The summed E-state index contributed by atoms with van der Waals surface area (Å²) in [5.41, 5.74) is 7.19. The number of aliphatic hydroxyl groups is 1. The van der Waals surface area contributed by atoms with Crippen LogP contribution in [0.25, 0.3) is 0 Å². The van der Waals surface area contributed by atoms with E-state index in [4.69, 9.17) is 0 Å². The Labute approximate surface area is 314 Å². The fourth-order valence-corrected chi connectivity index (χ4v) is 8.73. The molecule has 2 aromatic heterocycles. The number of hydrogen-bond acceptors (Lipinski definition) is 11. The Morgan fingerprint density at radius 2 is 1.69 bits per heavy atom. The van der Waals surface area contributed by atoms with E-state index in [0.717, 1.165) is 86.9 Å². The molecule has 4 aromatic rings. The maximum Gasteiger partial charge on any atom is 0.255 e. The number of imide groups is 1. The molecule has 0 aliphatic carbocycles. The van der Waals surface area contributed by atoms with Gasteiger partial charge in [0.2, 0.25) is 17.8 Å². The molecule has 4 N–H and O–H groups in total. The van der Waals surface area contributed by atoms with Crippen LogP contribution in [0.5, 0.6) is 0 Å². The van der Waals surface area contributed by atoms with Gasteiger partial charge in [0.05, 0.1) is 11.3 Å². The van der Waals surface area contributed by atoms with Gasteiger partial charge >= 0.3 is 0 Å². The van der Waals surface area contributed by atoms with Crippen molar-refractivity contribution < 1.29 is 19.5 Å². The van der Waals surface area contributed by atoms with Crippen molar-refractivity contribution in [2.24, 2.45) is 0 Å². The molecule has 2 aromatic carbocycles. The van der Waals surface area contributed by atoms with Crippen LogP contribution in [0.2, 0.25) is 0 Å². The third kappa shape index (κ3) is 6.83. The van der Waals surface area contributed by atoms with Gasteiger partial charge in [0.25, 0.3) is 5.91 Å². The van der Waals surface area contributed by atoms with Gasteiger partial charge in [-0.15, -0.1) is 0 Å². The zero-order chi connectivity index (χ0) is 36.8. The maximum atomic E-state index is 13.1. The van der Waals surface area contributed by atoms with Gasteiger partial charge in [-0.3, -0.25) is 24.6 Å². The van der Waals surface area contributed by atoms with Crippen molar-refractivity contribution in [2.45, 2.75) is 82.3 Å². The zero-order valence-corrected chi connectivity index (χ0v) is 30.3. The minimum atomic E-state index is -0.975. The van der Waals surface area contributed by atoms with Crippen molar-refractivity contribution in [3.05, 3.63) is 106 Å². The number of anilines is 3. The molecule has 1 atom stereocenters. The van der Waals surface area contributed by atoms with Gasteiger partial charge in [0, 0.05) is 88.0 Å². The van der Waals surface area contributed by atoms with Crippen LogP contribution >= 0.6 is 0 Å². The van der Waals surface area contributed by atoms with Crippen LogP contribution in [0, 0.1) is 0 Å². The summed E-state index contributed by atoms with van der Waals surface area (Å²) in [5.74, 6) is 0.896.